The minimum Gasteiger partial charge on any atom is -0.461 e. The molecule has 0 amide bonds. The topological polar surface area (TPSA) is 66.4 Å². The summed E-state index contributed by atoms with van der Waals surface area (Å²) in [6.45, 7) is 4.55. The Bertz CT molecular complexity index is 1370. The van der Waals surface area contributed by atoms with E-state index in [2.05, 4.69) is 21.2 Å². The largest absolute Gasteiger partial charge is 0.461 e. The van der Waals surface area contributed by atoms with Crippen LogP contribution in [0.2, 0.25) is 0 Å². The molecule has 1 aliphatic carbocycles. The van der Waals surface area contributed by atoms with Crippen LogP contribution < -0.4 is 15.0 Å². The fraction of sp³-hybridized carbons (Fsp3) is 0.567. The van der Waals surface area contributed by atoms with Gasteiger partial charge < -0.3 is 15.0 Å². The van der Waals surface area contributed by atoms with Crippen LogP contribution in [0.5, 0.6) is 6.01 Å². The Labute approximate surface area is 222 Å². The molecule has 0 unspecified atom stereocenters. The summed E-state index contributed by atoms with van der Waals surface area (Å²) in [5.41, 5.74) is 2.84. The van der Waals surface area contributed by atoms with E-state index >= 15 is 4.39 Å². The molecule has 7 nitrogen and oxygen atoms in total. The monoisotopic (exact) mass is 514 g/mol. The van der Waals surface area contributed by atoms with Gasteiger partial charge in [0.2, 0.25) is 0 Å². The smallest absolute Gasteiger partial charge is 0.319 e. The maximum Gasteiger partial charge on any atom is 0.319 e. The number of anilines is 1. The molecule has 38 heavy (non-hydrogen) atoms. The van der Waals surface area contributed by atoms with Crippen molar-refractivity contribution in [3.8, 4) is 17.3 Å². The highest BCUT2D eigenvalue weighted by molar-refractivity contribution is 5.92. The van der Waals surface area contributed by atoms with Crippen molar-refractivity contribution in [2.45, 2.75) is 74.9 Å². The molecule has 4 saturated heterocycles. The predicted molar refractivity (Wildman–Crippen MR) is 145 cm³/mol. The number of nitrogens with zero attached hydrogens (tertiary/aromatic N) is 5. The molecule has 0 radical (unpaired) electrons. The lowest BCUT2D eigenvalue weighted by Gasteiger charge is -2.34. The predicted octanol–water partition coefficient (Wildman–Crippen LogP) is 4.66. The molecule has 0 spiro atoms. The summed E-state index contributed by atoms with van der Waals surface area (Å²) in [5.74, 6) is 0.882. The van der Waals surface area contributed by atoms with Crippen LogP contribution in [0.1, 0.15) is 62.8 Å². The number of aromatic nitrogens is 3. The Morgan fingerprint density at radius 3 is 2.53 bits per heavy atom. The van der Waals surface area contributed by atoms with Gasteiger partial charge in [-0.15, -0.1) is 0 Å². The van der Waals surface area contributed by atoms with Gasteiger partial charge in [0.05, 0.1) is 10.9 Å². The van der Waals surface area contributed by atoms with Crippen molar-refractivity contribution >= 4 is 16.7 Å². The van der Waals surface area contributed by atoms with E-state index in [1.807, 2.05) is 18.2 Å². The van der Waals surface area contributed by atoms with E-state index in [4.69, 9.17) is 19.7 Å². The maximum atomic E-state index is 16.4. The highest BCUT2D eigenvalue weighted by atomic mass is 19.1. The lowest BCUT2D eigenvalue weighted by molar-refractivity contribution is 0.108. The van der Waals surface area contributed by atoms with Crippen LogP contribution in [0.4, 0.5) is 10.2 Å². The number of piperazine rings is 1. The molecule has 8 heteroatoms. The normalized spacial score (nSPS) is 26.3. The van der Waals surface area contributed by atoms with Crippen LogP contribution >= 0.6 is 0 Å². The number of hydrogen-bond donors (Lipinski definition) is 1. The molecule has 1 N–H and O–H groups in total. The van der Waals surface area contributed by atoms with Crippen LogP contribution in [-0.2, 0) is 0 Å². The minimum absolute atomic E-state index is 0.0811. The number of ether oxygens (including phenoxy) is 1. The zero-order chi connectivity index (χ0) is 25.3. The number of benzene rings is 1. The van der Waals surface area contributed by atoms with Gasteiger partial charge in [-0.25, -0.2) is 4.39 Å². The summed E-state index contributed by atoms with van der Waals surface area (Å²) < 4.78 is 22.8. The summed E-state index contributed by atoms with van der Waals surface area (Å²) in [7, 11) is 0. The molecule has 3 aromatic rings. The van der Waals surface area contributed by atoms with Crippen molar-refractivity contribution in [3.05, 3.63) is 41.8 Å². The SMILES string of the molecule is Fc1c(-c2ccccc2C2CC2)ncc2c(N3C[C@H]4CC[C@@H](C3)N4)nc(OCC34CCCN3CCC4)nc12. The standard InChI is InChI=1S/C30H35FN6O/c31-25-26(23-6-2-1-5-22(23)19-7-8-19)32-15-24-27(25)34-29(38-18-30-11-3-13-37(30)14-4-12-30)35-28(24)36-16-20-9-10-21(17-36)33-20/h1-2,5-6,15,19-21,33H,3-4,7-14,16-18H2/t20-,21+. The van der Waals surface area contributed by atoms with E-state index in [-0.39, 0.29) is 17.4 Å². The molecular weight excluding hydrogens is 479 g/mol. The Balaban J connectivity index is 1.22. The van der Waals surface area contributed by atoms with Gasteiger partial charge in [-0.2, -0.15) is 9.97 Å². The molecule has 1 saturated carbocycles. The lowest BCUT2D eigenvalue weighted by atomic mass is 9.95. The molecule has 5 aliphatic rings. The number of nitrogens with one attached hydrogen (secondary N) is 1. The molecule has 1 aromatic carbocycles. The van der Waals surface area contributed by atoms with Gasteiger partial charge in [0.15, 0.2) is 5.82 Å². The second-order valence-corrected chi connectivity index (χ2v) is 12.1. The van der Waals surface area contributed by atoms with Crippen LogP contribution in [0.15, 0.2) is 30.5 Å². The van der Waals surface area contributed by atoms with Crippen molar-refractivity contribution < 1.29 is 9.13 Å². The van der Waals surface area contributed by atoms with Crippen LogP contribution in [0.3, 0.4) is 0 Å². The number of hydrogen-bond acceptors (Lipinski definition) is 7. The number of halogens is 1. The second kappa shape index (κ2) is 8.85. The van der Waals surface area contributed by atoms with Crippen molar-refractivity contribution in [1.29, 1.82) is 0 Å². The molecular formula is C30H35FN6O. The lowest BCUT2D eigenvalue weighted by Crippen LogP contribution is -2.51. The van der Waals surface area contributed by atoms with Crippen molar-refractivity contribution in [3.63, 3.8) is 0 Å². The molecule has 5 fully saturated rings. The molecule has 2 bridgehead atoms. The summed E-state index contributed by atoms with van der Waals surface area (Å²) in [4.78, 5) is 19.2. The summed E-state index contributed by atoms with van der Waals surface area (Å²) in [6.07, 6.45) is 11.1. The molecule has 2 aromatic heterocycles. The first-order valence-corrected chi connectivity index (χ1v) is 14.5. The van der Waals surface area contributed by atoms with Gasteiger partial charge in [-0.1, -0.05) is 24.3 Å². The summed E-state index contributed by atoms with van der Waals surface area (Å²) in [6, 6.07) is 9.28. The number of fused-ring (bicyclic) bond motifs is 4. The van der Waals surface area contributed by atoms with Gasteiger partial charge in [-0.3, -0.25) is 9.88 Å². The molecule has 198 valence electrons. The molecule has 4 aliphatic heterocycles. The van der Waals surface area contributed by atoms with Gasteiger partial charge in [0.1, 0.15) is 23.6 Å². The van der Waals surface area contributed by atoms with E-state index < -0.39 is 0 Å². The zero-order valence-electron chi connectivity index (χ0n) is 21.8. The Morgan fingerprint density at radius 2 is 1.76 bits per heavy atom. The summed E-state index contributed by atoms with van der Waals surface area (Å²) in [5, 5.41) is 4.36. The average molecular weight is 515 g/mol. The first-order chi connectivity index (χ1) is 18.7. The van der Waals surface area contributed by atoms with Gasteiger partial charge in [0, 0.05) is 36.9 Å². The Morgan fingerprint density at radius 1 is 1.00 bits per heavy atom. The second-order valence-electron chi connectivity index (χ2n) is 12.1. The number of pyridine rings is 1. The summed E-state index contributed by atoms with van der Waals surface area (Å²) >= 11 is 0. The maximum absolute atomic E-state index is 16.4. The van der Waals surface area contributed by atoms with Crippen LogP contribution in [0, 0.1) is 5.82 Å². The van der Waals surface area contributed by atoms with E-state index in [1.54, 1.807) is 6.20 Å². The molecule has 2 atom stereocenters. The quantitative estimate of drug-likeness (QED) is 0.513. The van der Waals surface area contributed by atoms with E-state index in [0.717, 1.165) is 63.2 Å². The Hall–Kier alpha value is -2.84. The van der Waals surface area contributed by atoms with Gasteiger partial charge in [0.25, 0.3) is 0 Å². The highest BCUT2D eigenvalue weighted by Gasteiger charge is 2.45. The Kier molecular flexibility index (Phi) is 5.37. The fourth-order valence-corrected chi connectivity index (χ4v) is 7.61. The van der Waals surface area contributed by atoms with Crippen LogP contribution in [0.25, 0.3) is 22.2 Å². The zero-order valence-corrected chi connectivity index (χ0v) is 21.8. The van der Waals surface area contributed by atoms with Crippen LogP contribution in [-0.4, -0.2) is 70.3 Å². The van der Waals surface area contributed by atoms with E-state index in [9.17, 15) is 0 Å². The number of rotatable bonds is 6. The first kappa shape index (κ1) is 23.1. The van der Waals surface area contributed by atoms with Crippen molar-refractivity contribution in [1.82, 2.24) is 25.2 Å². The first-order valence-electron chi connectivity index (χ1n) is 14.5. The third-order valence-electron chi connectivity index (χ3n) is 9.67. The van der Waals surface area contributed by atoms with Gasteiger partial charge >= 0.3 is 6.01 Å². The van der Waals surface area contributed by atoms with Gasteiger partial charge in [-0.05, 0) is 75.9 Å². The van der Waals surface area contributed by atoms with Crippen molar-refractivity contribution in [2.24, 2.45) is 0 Å². The van der Waals surface area contributed by atoms with E-state index in [0.29, 0.717) is 41.2 Å². The third kappa shape index (κ3) is 3.79. The molecule has 8 rings (SSSR count). The third-order valence-corrected chi connectivity index (χ3v) is 9.67. The minimum atomic E-state index is -0.372. The average Bonchev–Trinajstić information content (AvgIpc) is 3.47. The van der Waals surface area contributed by atoms with Crippen molar-refractivity contribution in [2.75, 3.05) is 37.7 Å². The van der Waals surface area contributed by atoms with E-state index in [1.165, 1.54) is 31.2 Å². The highest BCUT2D eigenvalue weighted by Crippen LogP contribution is 2.45. The fourth-order valence-electron chi connectivity index (χ4n) is 7.61. The molecule has 6 heterocycles.